The number of benzene rings is 1. The first kappa shape index (κ1) is 17.0. The van der Waals surface area contributed by atoms with Crippen LogP contribution < -0.4 is 14.8 Å². The van der Waals surface area contributed by atoms with Crippen molar-refractivity contribution < 1.29 is 19.1 Å². The number of urea groups is 1. The van der Waals surface area contributed by atoms with Crippen LogP contribution >= 0.6 is 0 Å². The number of amides is 3. The van der Waals surface area contributed by atoms with Gasteiger partial charge in [-0.15, -0.1) is 6.58 Å². The van der Waals surface area contributed by atoms with E-state index >= 15 is 0 Å². The van der Waals surface area contributed by atoms with E-state index in [9.17, 15) is 9.59 Å². The van der Waals surface area contributed by atoms with Crippen molar-refractivity contribution in [2.45, 2.75) is 13.8 Å². The van der Waals surface area contributed by atoms with Crippen LogP contribution in [0.3, 0.4) is 0 Å². The number of nitrogens with one attached hydrogen (secondary N) is 1. The summed E-state index contributed by atoms with van der Waals surface area (Å²) in [5.41, 5.74) is 4.00. The summed E-state index contributed by atoms with van der Waals surface area (Å²) in [6, 6.07) is 7.30. The summed E-state index contributed by atoms with van der Waals surface area (Å²) in [6.45, 7) is 7.93. The van der Waals surface area contributed by atoms with E-state index in [1.165, 1.54) is 6.08 Å². The quantitative estimate of drug-likeness (QED) is 0.514. The molecule has 1 aromatic carbocycles. The number of hydrogen-bond donors (Lipinski definition) is 1. The fourth-order valence-corrected chi connectivity index (χ4v) is 3.38. The van der Waals surface area contributed by atoms with Crippen molar-refractivity contribution in [1.29, 1.82) is 0 Å². The average molecular weight is 365 g/mol. The van der Waals surface area contributed by atoms with E-state index in [-0.39, 0.29) is 24.9 Å². The summed E-state index contributed by atoms with van der Waals surface area (Å²) >= 11 is 0. The fourth-order valence-electron chi connectivity index (χ4n) is 3.38. The number of carbonyl (C=O) groups excluding carboxylic acids is 2. The highest BCUT2D eigenvalue weighted by Crippen LogP contribution is 2.35. The molecule has 0 bridgehead atoms. The molecule has 2 aliphatic rings. The topological polar surface area (TPSA) is 72.8 Å². The van der Waals surface area contributed by atoms with Gasteiger partial charge in [-0.1, -0.05) is 6.08 Å². The highest BCUT2D eigenvalue weighted by Gasteiger charge is 2.32. The Morgan fingerprint density at radius 1 is 1.19 bits per heavy atom. The Morgan fingerprint density at radius 3 is 2.74 bits per heavy atom. The maximum Gasteiger partial charge on any atom is 0.329 e. The van der Waals surface area contributed by atoms with E-state index in [2.05, 4.69) is 16.5 Å². The molecule has 0 radical (unpaired) electrons. The third-order valence-electron chi connectivity index (χ3n) is 4.66. The molecular weight excluding hydrogens is 346 g/mol. The Balaban J connectivity index is 1.71. The largest absolute Gasteiger partial charge is 0.454 e. The molecule has 7 heteroatoms. The minimum atomic E-state index is -0.435. The van der Waals surface area contributed by atoms with Gasteiger partial charge in [0.2, 0.25) is 6.79 Å². The second kappa shape index (κ2) is 6.35. The first-order valence-corrected chi connectivity index (χ1v) is 8.54. The van der Waals surface area contributed by atoms with Crippen molar-refractivity contribution in [3.05, 3.63) is 59.6 Å². The summed E-state index contributed by atoms with van der Waals surface area (Å²) < 4.78 is 12.9. The van der Waals surface area contributed by atoms with Crippen LogP contribution in [0.2, 0.25) is 0 Å². The maximum absolute atomic E-state index is 12.4. The lowest BCUT2D eigenvalue weighted by atomic mass is 10.2. The zero-order chi connectivity index (χ0) is 19.1. The van der Waals surface area contributed by atoms with Crippen LogP contribution in [0.4, 0.5) is 4.79 Å². The van der Waals surface area contributed by atoms with Crippen LogP contribution in [0.25, 0.3) is 11.8 Å². The summed E-state index contributed by atoms with van der Waals surface area (Å²) in [5.74, 6) is 1.08. The number of carbonyl (C=O) groups is 2. The normalized spacial score (nSPS) is 17.0. The van der Waals surface area contributed by atoms with Crippen molar-refractivity contribution >= 4 is 18.0 Å². The molecule has 7 nitrogen and oxygen atoms in total. The molecule has 0 saturated carbocycles. The third kappa shape index (κ3) is 2.77. The van der Waals surface area contributed by atoms with E-state index in [0.29, 0.717) is 5.75 Å². The molecule has 1 aromatic heterocycles. The molecule has 1 fully saturated rings. The zero-order valence-electron chi connectivity index (χ0n) is 15.1. The summed E-state index contributed by atoms with van der Waals surface area (Å²) in [7, 11) is 0. The first-order valence-electron chi connectivity index (χ1n) is 8.54. The number of fused-ring (bicyclic) bond motifs is 1. The fraction of sp³-hybridized carbons (Fsp3) is 0.200. The predicted molar refractivity (Wildman–Crippen MR) is 99.8 cm³/mol. The molecule has 1 N–H and O–H groups in total. The summed E-state index contributed by atoms with van der Waals surface area (Å²) in [4.78, 5) is 25.5. The summed E-state index contributed by atoms with van der Waals surface area (Å²) in [5, 5.41) is 2.62. The van der Waals surface area contributed by atoms with Crippen LogP contribution in [0.15, 0.2) is 42.6 Å². The number of nitrogens with zero attached hydrogens (tertiary/aromatic N) is 2. The molecule has 2 aliphatic heterocycles. The second-order valence-corrected chi connectivity index (χ2v) is 6.39. The van der Waals surface area contributed by atoms with E-state index < -0.39 is 6.03 Å². The molecule has 4 rings (SSSR count). The van der Waals surface area contributed by atoms with Crippen LogP contribution in [0.1, 0.15) is 17.0 Å². The predicted octanol–water partition coefficient (Wildman–Crippen LogP) is 2.90. The maximum atomic E-state index is 12.4. The highest BCUT2D eigenvalue weighted by molar-refractivity contribution is 6.14. The lowest BCUT2D eigenvalue weighted by Gasteiger charge is -2.10. The zero-order valence-corrected chi connectivity index (χ0v) is 15.1. The van der Waals surface area contributed by atoms with Crippen LogP contribution in [0, 0.1) is 13.8 Å². The molecule has 3 amide bonds. The Kier molecular flexibility index (Phi) is 3.99. The first-order chi connectivity index (χ1) is 13.0. The minimum Gasteiger partial charge on any atom is -0.454 e. The van der Waals surface area contributed by atoms with E-state index in [4.69, 9.17) is 9.47 Å². The number of hydrogen-bond acceptors (Lipinski definition) is 4. The molecule has 3 heterocycles. The van der Waals surface area contributed by atoms with Gasteiger partial charge in [0, 0.05) is 29.7 Å². The number of imide groups is 1. The van der Waals surface area contributed by atoms with Crippen molar-refractivity contribution in [1.82, 2.24) is 14.8 Å². The van der Waals surface area contributed by atoms with Crippen molar-refractivity contribution in [3.8, 4) is 17.2 Å². The molecule has 0 spiro atoms. The monoisotopic (exact) mass is 365 g/mol. The molecule has 0 unspecified atom stereocenters. The van der Waals surface area contributed by atoms with Gasteiger partial charge in [0.1, 0.15) is 5.70 Å². The van der Waals surface area contributed by atoms with Gasteiger partial charge in [-0.05, 0) is 43.7 Å². The third-order valence-corrected chi connectivity index (χ3v) is 4.66. The average Bonchev–Trinajstić information content (AvgIpc) is 3.28. The van der Waals surface area contributed by atoms with Gasteiger partial charge in [0.25, 0.3) is 5.91 Å². The lowest BCUT2D eigenvalue weighted by Crippen LogP contribution is -2.30. The van der Waals surface area contributed by atoms with Crippen molar-refractivity contribution in [2.75, 3.05) is 13.3 Å². The van der Waals surface area contributed by atoms with E-state index in [1.807, 2.05) is 38.1 Å². The molecule has 2 aromatic rings. The van der Waals surface area contributed by atoms with Gasteiger partial charge in [-0.25, -0.2) is 4.79 Å². The highest BCUT2D eigenvalue weighted by atomic mass is 16.7. The standard InChI is InChI=1S/C20H19N3O4/c1-4-7-22-19(24)16(21-20(22)25)9-14-8-12(2)23(13(14)3)15-5-6-17-18(10-15)27-11-26-17/h4-6,8-10H,1,7,11H2,2-3H3,(H,21,25)/b16-9+. The summed E-state index contributed by atoms with van der Waals surface area (Å²) in [6.07, 6.45) is 3.22. The molecule has 1 saturated heterocycles. The number of ether oxygens (including phenoxy) is 2. The van der Waals surface area contributed by atoms with Gasteiger partial charge < -0.3 is 19.4 Å². The number of aromatic nitrogens is 1. The smallest absolute Gasteiger partial charge is 0.329 e. The van der Waals surface area contributed by atoms with Crippen molar-refractivity contribution in [2.24, 2.45) is 0 Å². The Labute approximate surface area is 156 Å². The molecule has 138 valence electrons. The van der Waals surface area contributed by atoms with Crippen molar-refractivity contribution in [3.63, 3.8) is 0 Å². The van der Waals surface area contributed by atoms with Crippen LogP contribution in [-0.4, -0.2) is 34.7 Å². The van der Waals surface area contributed by atoms with Crippen LogP contribution in [0.5, 0.6) is 11.5 Å². The van der Waals surface area contributed by atoms with Crippen LogP contribution in [-0.2, 0) is 4.79 Å². The minimum absolute atomic E-state index is 0.179. The SMILES string of the molecule is C=CCN1C(=O)N/C(=C/c2cc(C)n(-c3ccc4c(c3)OCO4)c2C)C1=O. The van der Waals surface area contributed by atoms with Gasteiger partial charge in [0.15, 0.2) is 11.5 Å². The Morgan fingerprint density at radius 2 is 1.96 bits per heavy atom. The van der Waals surface area contributed by atoms with Gasteiger partial charge in [-0.2, -0.15) is 0 Å². The molecule has 0 aliphatic carbocycles. The van der Waals surface area contributed by atoms with Gasteiger partial charge in [-0.3, -0.25) is 9.69 Å². The van der Waals surface area contributed by atoms with E-state index in [1.54, 1.807) is 6.08 Å². The van der Waals surface area contributed by atoms with Gasteiger partial charge in [0.05, 0.1) is 0 Å². The van der Waals surface area contributed by atoms with Gasteiger partial charge >= 0.3 is 6.03 Å². The molecule has 0 atom stereocenters. The number of rotatable bonds is 4. The molecular formula is C20H19N3O4. The molecule has 27 heavy (non-hydrogen) atoms. The second-order valence-electron chi connectivity index (χ2n) is 6.39. The lowest BCUT2D eigenvalue weighted by molar-refractivity contribution is -0.122. The Hall–Kier alpha value is -3.48. The Bertz CT molecular complexity index is 1000. The number of aryl methyl sites for hydroxylation is 1. The van der Waals surface area contributed by atoms with E-state index in [0.717, 1.165) is 33.3 Å².